The van der Waals surface area contributed by atoms with Crippen LogP contribution in [0.4, 0.5) is 11.4 Å². The maximum Gasteiger partial charge on any atom is 0.251 e. The molecule has 1 saturated carbocycles. The summed E-state index contributed by atoms with van der Waals surface area (Å²) in [5.74, 6) is -0.228. The number of rotatable bonds is 6. The second-order valence-corrected chi connectivity index (χ2v) is 7.09. The molecule has 0 spiro atoms. The van der Waals surface area contributed by atoms with Crippen molar-refractivity contribution in [1.82, 2.24) is 5.32 Å². The summed E-state index contributed by atoms with van der Waals surface area (Å²) < 4.78 is 0. The second kappa shape index (κ2) is 8.08. The van der Waals surface area contributed by atoms with E-state index in [2.05, 4.69) is 10.6 Å². The summed E-state index contributed by atoms with van der Waals surface area (Å²) in [6.45, 7) is 1.97. The van der Waals surface area contributed by atoms with Crippen LogP contribution >= 0.6 is 0 Å². The topological polar surface area (TPSA) is 61.4 Å². The number of amides is 2. The van der Waals surface area contributed by atoms with Gasteiger partial charge in [0.25, 0.3) is 5.91 Å². The zero-order valence-corrected chi connectivity index (χ0v) is 16.0. The van der Waals surface area contributed by atoms with Crippen molar-refractivity contribution in [2.45, 2.75) is 25.8 Å². The van der Waals surface area contributed by atoms with E-state index in [0.29, 0.717) is 11.6 Å². The van der Waals surface area contributed by atoms with Crippen molar-refractivity contribution in [1.29, 1.82) is 0 Å². The average Bonchev–Trinajstić information content (AvgIpc) is 3.46. The lowest BCUT2D eigenvalue weighted by Crippen LogP contribution is -2.25. The summed E-state index contributed by atoms with van der Waals surface area (Å²) in [6.07, 6.45) is 5.37. The van der Waals surface area contributed by atoms with E-state index in [1.54, 1.807) is 18.2 Å². The molecule has 0 atom stereocenters. The number of hydrogen-bond acceptors (Lipinski definition) is 3. The molecule has 0 heterocycles. The molecule has 5 heteroatoms. The summed E-state index contributed by atoms with van der Waals surface area (Å²) in [4.78, 5) is 26.2. The fraction of sp³-hybridized carbons (Fsp3) is 0.273. The minimum absolute atomic E-state index is 0.0394. The smallest absolute Gasteiger partial charge is 0.251 e. The zero-order valence-electron chi connectivity index (χ0n) is 16.0. The van der Waals surface area contributed by atoms with Gasteiger partial charge in [0.2, 0.25) is 5.91 Å². The van der Waals surface area contributed by atoms with Crippen LogP contribution in [0, 0.1) is 6.92 Å². The Labute approximate surface area is 160 Å². The number of hydrogen-bond donors (Lipinski definition) is 2. The maximum absolute atomic E-state index is 12.2. The predicted octanol–water partition coefficient (Wildman–Crippen LogP) is 3.61. The van der Waals surface area contributed by atoms with Crippen LogP contribution in [-0.4, -0.2) is 32.0 Å². The van der Waals surface area contributed by atoms with Crippen LogP contribution in [-0.2, 0) is 4.79 Å². The van der Waals surface area contributed by atoms with E-state index >= 15 is 0 Å². The monoisotopic (exact) mass is 363 g/mol. The fourth-order valence-corrected chi connectivity index (χ4v) is 2.65. The van der Waals surface area contributed by atoms with Gasteiger partial charge in [-0.05, 0) is 67.3 Å². The fourth-order valence-electron chi connectivity index (χ4n) is 2.65. The first-order valence-electron chi connectivity index (χ1n) is 9.10. The number of benzene rings is 2. The van der Waals surface area contributed by atoms with Crippen molar-refractivity contribution in [3.63, 3.8) is 0 Å². The molecule has 2 aromatic carbocycles. The standard InChI is InChI=1S/C22H25N3O2/c1-15-14-19(25(2)3)11-12-20(15)24-21(26)13-6-16-4-7-17(8-5-16)22(27)23-18-9-10-18/h4-8,11-14,18H,9-10H2,1-3H3,(H,23,27)(H,24,26)/b13-6+. The van der Waals surface area contributed by atoms with E-state index in [1.165, 1.54) is 6.08 Å². The molecular weight excluding hydrogens is 338 g/mol. The number of nitrogens with zero attached hydrogens (tertiary/aromatic N) is 1. The minimum atomic E-state index is -0.189. The Morgan fingerprint density at radius 2 is 1.78 bits per heavy atom. The number of anilines is 2. The summed E-state index contributed by atoms with van der Waals surface area (Å²) in [5, 5.41) is 5.86. The Kier molecular flexibility index (Phi) is 5.60. The van der Waals surface area contributed by atoms with Crippen molar-refractivity contribution in [2.24, 2.45) is 0 Å². The van der Waals surface area contributed by atoms with E-state index < -0.39 is 0 Å². The molecule has 2 aromatic rings. The van der Waals surface area contributed by atoms with Gasteiger partial charge >= 0.3 is 0 Å². The Balaban J connectivity index is 1.58. The van der Waals surface area contributed by atoms with Gasteiger partial charge in [-0.1, -0.05) is 12.1 Å². The molecule has 0 radical (unpaired) electrons. The lowest BCUT2D eigenvalue weighted by molar-refractivity contribution is -0.111. The minimum Gasteiger partial charge on any atom is -0.378 e. The third kappa shape index (κ3) is 5.20. The van der Waals surface area contributed by atoms with Gasteiger partial charge in [-0.2, -0.15) is 0 Å². The molecule has 1 fully saturated rings. The van der Waals surface area contributed by atoms with E-state index in [0.717, 1.165) is 35.3 Å². The van der Waals surface area contributed by atoms with Crippen molar-refractivity contribution in [2.75, 3.05) is 24.3 Å². The normalized spacial score (nSPS) is 13.4. The third-order valence-corrected chi connectivity index (χ3v) is 4.50. The lowest BCUT2D eigenvalue weighted by atomic mass is 10.1. The Morgan fingerprint density at radius 1 is 1.07 bits per heavy atom. The average molecular weight is 363 g/mol. The van der Waals surface area contributed by atoms with Gasteiger partial charge < -0.3 is 15.5 Å². The highest BCUT2D eigenvalue weighted by Gasteiger charge is 2.23. The highest BCUT2D eigenvalue weighted by molar-refractivity contribution is 6.02. The van der Waals surface area contributed by atoms with Gasteiger partial charge in [-0.15, -0.1) is 0 Å². The van der Waals surface area contributed by atoms with Gasteiger partial charge in [0, 0.05) is 43.2 Å². The predicted molar refractivity (Wildman–Crippen MR) is 110 cm³/mol. The lowest BCUT2D eigenvalue weighted by Gasteiger charge is -2.15. The van der Waals surface area contributed by atoms with Gasteiger partial charge in [-0.3, -0.25) is 9.59 Å². The molecule has 0 bridgehead atoms. The van der Waals surface area contributed by atoms with Crippen LogP contribution in [0.1, 0.15) is 34.3 Å². The maximum atomic E-state index is 12.2. The van der Waals surface area contributed by atoms with E-state index in [1.807, 2.05) is 56.3 Å². The van der Waals surface area contributed by atoms with Crippen LogP contribution in [0.2, 0.25) is 0 Å². The molecule has 0 unspecified atom stereocenters. The van der Waals surface area contributed by atoms with Crippen LogP contribution in [0.3, 0.4) is 0 Å². The molecule has 2 amide bonds. The van der Waals surface area contributed by atoms with E-state index in [-0.39, 0.29) is 11.8 Å². The zero-order chi connectivity index (χ0) is 19.4. The van der Waals surface area contributed by atoms with Crippen molar-refractivity contribution in [3.05, 3.63) is 65.2 Å². The summed E-state index contributed by atoms with van der Waals surface area (Å²) in [7, 11) is 3.97. The summed E-state index contributed by atoms with van der Waals surface area (Å²) >= 11 is 0. The van der Waals surface area contributed by atoms with E-state index in [9.17, 15) is 9.59 Å². The van der Waals surface area contributed by atoms with Crippen LogP contribution in [0.15, 0.2) is 48.5 Å². The molecule has 2 N–H and O–H groups in total. The number of carbonyl (C=O) groups excluding carboxylic acids is 2. The van der Waals surface area contributed by atoms with Gasteiger partial charge in [0.1, 0.15) is 0 Å². The molecular formula is C22H25N3O2. The Hall–Kier alpha value is -3.08. The quantitative estimate of drug-likeness (QED) is 0.771. The molecule has 0 saturated heterocycles. The molecule has 0 aromatic heterocycles. The summed E-state index contributed by atoms with van der Waals surface area (Å²) in [5.41, 5.74) is 4.40. The molecule has 1 aliphatic rings. The number of carbonyl (C=O) groups is 2. The first-order chi connectivity index (χ1) is 12.9. The Morgan fingerprint density at radius 3 is 2.37 bits per heavy atom. The molecule has 140 valence electrons. The van der Waals surface area contributed by atoms with Crippen LogP contribution in [0.5, 0.6) is 0 Å². The van der Waals surface area contributed by atoms with E-state index in [4.69, 9.17) is 0 Å². The highest BCUT2D eigenvalue weighted by Crippen LogP contribution is 2.21. The van der Waals surface area contributed by atoms with Crippen molar-refractivity contribution < 1.29 is 9.59 Å². The third-order valence-electron chi connectivity index (χ3n) is 4.50. The SMILES string of the molecule is Cc1cc(N(C)C)ccc1NC(=O)/C=C/c1ccc(C(=O)NC2CC2)cc1. The van der Waals surface area contributed by atoms with Crippen LogP contribution < -0.4 is 15.5 Å². The van der Waals surface area contributed by atoms with Gasteiger partial charge in [0.15, 0.2) is 0 Å². The molecule has 0 aliphatic heterocycles. The molecule has 3 rings (SSSR count). The summed E-state index contributed by atoms with van der Waals surface area (Å²) in [6, 6.07) is 13.5. The van der Waals surface area contributed by atoms with Crippen LogP contribution in [0.25, 0.3) is 6.08 Å². The number of nitrogens with one attached hydrogen (secondary N) is 2. The van der Waals surface area contributed by atoms with Gasteiger partial charge in [-0.25, -0.2) is 0 Å². The highest BCUT2D eigenvalue weighted by atomic mass is 16.2. The first kappa shape index (κ1) is 18.7. The Bertz CT molecular complexity index is 866. The molecule has 27 heavy (non-hydrogen) atoms. The second-order valence-electron chi connectivity index (χ2n) is 7.09. The van der Waals surface area contributed by atoms with Crippen molar-refractivity contribution >= 4 is 29.3 Å². The van der Waals surface area contributed by atoms with Crippen molar-refractivity contribution in [3.8, 4) is 0 Å². The first-order valence-corrected chi connectivity index (χ1v) is 9.10. The molecule has 1 aliphatic carbocycles. The largest absolute Gasteiger partial charge is 0.378 e. The van der Waals surface area contributed by atoms with Gasteiger partial charge in [0.05, 0.1) is 0 Å². The number of aryl methyl sites for hydroxylation is 1. The molecule has 5 nitrogen and oxygen atoms in total.